The smallest absolute Gasteiger partial charge is 0.000440 e. The van der Waals surface area contributed by atoms with Crippen LogP contribution in [0.25, 0.3) is 0 Å². The number of nitrogens with zero attached hydrogens (tertiary/aromatic N) is 1. The number of rotatable bonds is 2. The van der Waals surface area contributed by atoms with E-state index in [-0.39, 0.29) is 0 Å². The van der Waals surface area contributed by atoms with E-state index < -0.39 is 0 Å². The lowest BCUT2D eigenvalue weighted by Crippen LogP contribution is -2.39. The summed E-state index contributed by atoms with van der Waals surface area (Å²) in [7, 11) is 0. The Kier molecular flexibility index (Phi) is 1.90. The van der Waals surface area contributed by atoms with E-state index >= 15 is 0 Å². The van der Waals surface area contributed by atoms with Gasteiger partial charge in [-0.3, -0.25) is 0 Å². The zero-order chi connectivity index (χ0) is 5.98. The van der Waals surface area contributed by atoms with Gasteiger partial charge < -0.3 is 4.90 Å². The van der Waals surface area contributed by atoms with Gasteiger partial charge in [-0.2, -0.15) is 0 Å². The molecule has 0 unspecified atom stereocenters. The van der Waals surface area contributed by atoms with Crippen LogP contribution in [0.15, 0.2) is 0 Å². The van der Waals surface area contributed by atoms with Crippen molar-refractivity contribution in [2.24, 2.45) is 5.92 Å². The first-order valence-corrected chi connectivity index (χ1v) is 3.51. The van der Waals surface area contributed by atoms with Gasteiger partial charge in [-0.05, 0) is 25.4 Å². The highest BCUT2D eigenvalue weighted by Gasteiger charge is 2.13. The average Bonchev–Trinajstić information content (AvgIpc) is 1.55. The van der Waals surface area contributed by atoms with Crippen LogP contribution in [0, 0.1) is 5.92 Å². The minimum atomic E-state index is 0.857. The van der Waals surface area contributed by atoms with Crippen molar-refractivity contribution in [1.29, 1.82) is 0 Å². The SMILES string of the molecule is CC(C)CN1CCC1. The van der Waals surface area contributed by atoms with E-state index in [4.69, 9.17) is 0 Å². The fourth-order valence-corrected chi connectivity index (χ4v) is 1.08. The third-order valence-corrected chi connectivity index (χ3v) is 1.57. The lowest BCUT2D eigenvalue weighted by Gasteiger charge is -2.31. The maximum absolute atomic E-state index is 2.50. The fourth-order valence-electron chi connectivity index (χ4n) is 1.08. The van der Waals surface area contributed by atoms with Gasteiger partial charge in [0.1, 0.15) is 0 Å². The van der Waals surface area contributed by atoms with E-state index in [1.807, 2.05) is 0 Å². The summed E-state index contributed by atoms with van der Waals surface area (Å²) in [5.74, 6) is 0.857. The zero-order valence-electron chi connectivity index (χ0n) is 5.85. The normalized spacial score (nSPS) is 21.4. The molecule has 0 saturated carbocycles. The average molecular weight is 113 g/mol. The molecule has 1 fully saturated rings. The summed E-state index contributed by atoms with van der Waals surface area (Å²) in [6, 6.07) is 0. The van der Waals surface area contributed by atoms with Gasteiger partial charge in [0, 0.05) is 6.54 Å². The van der Waals surface area contributed by atoms with E-state index in [0.29, 0.717) is 0 Å². The fraction of sp³-hybridized carbons (Fsp3) is 1.00. The molecule has 0 aromatic heterocycles. The first kappa shape index (κ1) is 6.09. The molecule has 1 heterocycles. The maximum Gasteiger partial charge on any atom is 0.000440 e. The van der Waals surface area contributed by atoms with Gasteiger partial charge in [0.2, 0.25) is 0 Å². The van der Waals surface area contributed by atoms with E-state index in [0.717, 1.165) is 5.92 Å². The molecule has 0 amide bonds. The number of hydrogen-bond donors (Lipinski definition) is 0. The Hall–Kier alpha value is -0.0400. The van der Waals surface area contributed by atoms with E-state index in [2.05, 4.69) is 18.7 Å². The summed E-state index contributed by atoms with van der Waals surface area (Å²) in [4.78, 5) is 2.50. The van der Waals surface area contributed by atoms with Crippen LogP contribution in [0.5, 0.6) is 0 Å². The van der Waals surface area contributed by atoms with Crippen molar-refractivity contribution >= 4 is 0 Å². The van der Waals surface area contributed by atoms with Gasteiger partial charge in [0.05, 0.1) is 0 Å². The molecule has 1 nitrogen and oxygen atoms in total. The summed E-state index contributed by atoms with van der Waals surface area (Å²) in [5, 5.41) is 0. The maximum atomic E-state index is 2.50. The van der Waals surface area contributed by atoms with Crippen molar-refractivity contribution in [1.82, 2.24) is 4.90 Å². The van der Waals surface area contributed by atoms with Crippen LogP contribution in [0.1, 0.15) is 20.3 Å². The molecule has 48 valence electrons. The molecule has 1 rings (SSSR count). The molecule has 0 radical (unpaired) electrons. The number of likely N-dealkylation sites (tertiary alicyclic amines) is 1. The molecule has 0 N–H and O–H groups in total. The summed E-state index contributed by atoms with van der Waals surface area (Å²) < 4.78 is 0. The molecule has 0 aliphatic carbocycles. The molecule has 0 spiro atoms. The molecule has 0 bridgehead atoms. The van der Waals surface area contributed by atoms with Gasteiger partial charge in [-0.1, -0.05) is 13.8 Å². The second-order valence-corrected chi connectivity index (χ2v) is 3.05. The van der Waals surface area contributed by atoms with Crippen LogP contribution in [0.2, 0.25) is 0 Å². The Balaban J connectivity index is 2.01. The first-order chi connectivity index (χ1) is 3.79. The number of hydrogen-bond acceptors (Lipinski definition) is 1. The second-order valence-electron chi connectivity index (χ2n) is 3.05. The van der Waals surface area contributed by atoms with Crippen molar-refractivity contribution < 1.29 is 0 Å². The van der Waals surface area contributed by atoms with Crippen LogP contribution < -0.4 is 0 Å². The van der Waals surface area contributed by atoms with Crippen LogP contribution in [0.3, 0.4) is 0 Å². The summed E-state index contributed by atoms with van der Waals surface area (Å²) in [5.41, 5.74) is 0. The lowest BCUT2D eigenvalue weighted by atomic mass is 10.1. The molecule has 0 aromatic carbocycles. The van der Waals surface area contributed by atoms with E-state index in [9.17, 15) is 0 Å². The third kappa shape index (κ3) is 1.48. The lowest BCUT2D eigenvalue weighted by molar-refractivity contribution is 0.161. The van der Waals surface area contributed by atoms with Gasteiger partial charge >= 0.3 is 0 Å². The minimum absolute atomic E-state index is 0.857. The van der Waals surface area contributed by atoms with Crippen molar-refractivity contribution in [2.75, 3.05) is 19.6 Å². The summed E-state index contributed by atoms with van der Waals surface area (Å²) in [6.07, 6.45) is 1.42. The van der Waals surface area contributed by atoms with Crippen LogP contribution in [0.4, 0.5) is 0 Å². The Morgan fingerprint density at radius 2 is 2.00 bits per heavy atom. The largest absolute Gasteiger partial charge is 0.303 e. The van der Waals surface area contributed by atoms with Gasteiger partial charge in [-0.15, -0.1) is 0 Å². The molecule has 1 heteroatoms. The predicted molar refractivity (Wildman–Crippen MR) is 35.9 cm³/mol. The topological polar surface area (TPSA) is 3.24 Å². The molecule has 1 saturated heterocycles. The first-order valence-electron chi connectivity index (χ1n) is 3.51. The Labute approximate surface area is 51.7 Å². The van der Waals surface area contributed by atoms with E-state index in [1.165, 1.54) is 26.1 Å². The zero-order valence-corrected chi connectivity index (χ0v) is 5.85. The molecule has 1 aliphatic heterocycles. The third-order valence-electron chi connectivity index (χ3n) is 1.57. The highest BCUT2D eigenvalue weighted by Crippen LogP contribution is 2.07. The monoisotopic (exact) mass is 113 g/mol. The van der Waals surface area contributed by atoms with Gasteiger partial charge in [0.25, 0.3) is 0 Å². The Morgan fingerprint density at radius 1 is 1.38 bits per heavy atom. The van der Waals surface area contributed by atoms with Crippen LogP contribution in [-0.4, -0.2) is 24.5 Å². The predicted octanol–water partition coefficient (Wildman–Crippen LogP) is 1.35. The highest BCUT2D eigenvalue weighted by atomic mass is 15.2. The van der Waals surface area contributed by atoms with Crippen LogP contribution in [-0.2, 0) is 0 Å². The molecule has 0 atom stereocenters. The highest BCUT2D eigenvalue weighted by molar-refractivity contribution is 4.68. The van der Waals surface area contributed by atoms with Crippen molar-refractivity contribution in [3.63, 3.8) is 0 Å². The van der Waals surface area contributed by atoms with Gasteiger partial charge in [-0.25, -0.2) is 0 Å². The van der Waals surface area contributed by atoms with Crippen molar-refractivity contribution in [3.05, 3.63) is 0 Å². The summed E-state index contributed by atoms with van der Waals surface area (Å²) in [6.45, 7) is 8.55. The molecule has 1 aliphatic rings. The molecule has 8 heavy (non-hydrogen) atoms. The van der Waals surface area contributed by atoms with Crippen LogP contribution >= 0.6 is 0 Å². The Morgan fingerprint density at radius 3 is 2.12 bits per heavy atom. The quantitative estimate of drug-likeness (QED) is 0.522. The molecular formula is C7H15N. The molecule has 0 aromatic rings. The van der Waals surface area contributed by atoms with Crippen molar-refractivity contribution in [2.45, 2.75) is 20.3 Å². The second kappa shape index (κ2) is 2.49. The van der Waals surface area contributed by atoms with Gasteiger partial charge in [0.15, 0.2) is 0 Å². The molecular weight excluding hydrogens is 98.1 g/mol. The minimum Gasteiger partial charge on any atom is -0.303 e. The Bertz CT molecular complexity index is 64.8. The van der Waals surface area contributed by atoms with E-state index in [1.54, 1.807) is 0 Å². The summed E-state index contributed by atoms with van der Waals surface area (Å²) >= 11 is 0. The standard InChI is InChI=1S/C7H15N/c1-7(2)6-8-4-3-5-8/h7H,3-6H2,1-2H3. The van der Waals surface area contributed by atoms with Crippen molar-refractivity contribution in [3.8, 4) is 0 Å².